The third-order valence-electron chi connectivity index (χ3n) is 3.91. The van der Waals surface area contributed by atoms with Crippen LogP contribution in [0.2, 0.25) is 5.02 Å². The molecule has 132 valence electrons. The average molecular weight is 431 g/mol. The lowest BCUT2D eigenvalue weighted by molar-refractivity contribution is 0.0519. The number of halogens is 2. The van der Waals surface area contributed by atoms with E-state index in [-0.39, 0.29) is 0 Å². The Kier molecular flexibility index (Phi) is 6.07. The van der Waals surface area contributed by atoms with Crippen LogP contribution in [0.3, 0.4) is 0 Å². The molecule has 0 aliphatic carbocycles. The number of benzene rings is 2. The van der Waals surface area contributed by atoms with Crippen molar-refractivity contribution >= 4 is 33.5 Å². The van der Waals surface area contributed by atoms with Crippen molar-refractivity contribution in [3.8, 4) is 11.1 Å². The fraction of sp³-hybridized carbons (Fsp3) is 0.143. The molecule has 3 nitrogen and oxygen atoms in total. The first kappa shape index (κ1) is 18.6. The quantitative estimate of drug-likeness (QED) is 0.471. The summed E-state index contributed by atoms with van der Waals surface area (Å²) in [4.78, 5) is 16.7. The first-order valence-corrected chi connectivity index (χ1v) is 9.42. The highest BCUT2D eigenvalue weighted by molar-refractivity contribution is 9.10. The van der Waals surface area contributed by atoms with Gasteiger partial charge in [-0.25, -0.2) is 9.78 Å². The molecule has 2 aromatic carbocycles. The van der Waals surface area contributed by atoms with Crippen molar-refractivity contribution in [3.63, 3.8) is 0 Å². The van der Waals surface area contributed by atoms with Crippen LogP contribution in [0.4, 0.5) is 0 Å². The Morgan fingerprint density at radius 1 is 1.04 bits per heavy atom. The monoisotopic (exact) mass is 429 g/mol. The Bertz CT molecular complexity index is 926. The number of carbonyl (C=O) groups is 1. The normalized spacial score (nSPS) is 10.6. The summed E-state index contributed by atoms with van der Waals surface area (Å²) in [6.45, 7) is 2.09. The third kappa shape index (κ3) is 4.32. The van der Waals surface area contributed by atoms with Gasteiger partial charge in [0.05, 0.1) is 12.3 Å². The topological polar surface area (TPSA) is 39.2 Å². The van der Waals surface area contributed by atoms with Crippen LogP contribution >= 0.6 is 27.5 Å². The van der Waals surface area contributed by atoms with Gasteiger partial charge < -0.3 is 4.74 Å². The van der Waals surface area contributed by atoms with E-state index in [1.54, 1.807) is 13.0 Å². The molecule has 0 saturated carbocycles. The molecule has 0 unspecified atom stereocenters. The van der Waals surface area contributed by atoms with Crippen molar-refractivity contribution in [2.75, 3.05) is 6.61 Å². The molecular weight excluding hydrogens is 414 g/mol. The number of esters is 1. The molecule has 1 aromatic heterocycles. The molecule has 5 heteroatoms. The van der Waals surface area contributed by atoms with E-state index in [1.807, 2.05) is 54.6 Å². The molecule has 0 radical (unpaired) electrons. The van der Waals surface area contributed by atoms with Crippen molar-refractivity contribution in [1.82, 2.24) is 4.98 Å². The number of hydrogen-bond donors (Lipinski definition) is 0. The molecule has 0 amide bonds. The number of aromatic nitrogens is 1. The fourth-order valence-corrected chi connectivity index (χ4v) is 3.18. The average Bonchev–Trinajstić information content (AvgIpc) is 2.64. The largest absolute Gasteiger partial charge is 0.461 e. The van der Waals surface area contributed by atoms with Gasteiger partial charge in [-0.1, -0.05) is 63.9 Å². The number of carbonyl (C=O) groups excluding carboxylic acids is 1. The van der Waals surface area contributed by atoms with E-state index in [0.717, 1.165) is 26.9 Å². The van der Waals surface area contributed by atoms with Gasteiger partial charge in [0.1, 0.15) is 5.69 Å². The highest BCUT2D eigenvalue weighted by atomic mass is 79.9. The molecule has 0 spiro atoms. The van der Waals surface area contributed by atoms with Gasteiger partial charge in [0.25, 0.3) is 0 Å². The van der Waals surface area contributed by atoms with Gasteiger partial charge in [0.2, 0.25) is 0 Å². The minimum absolute atomic E-state index is 0.301. The van der Waals surface area contributed by atoms with E-state index in [0.29, 0.717) is 23.7 Å². The van der Waals surface area contributed by atoms with Crippen LogP contribution in [0, 0.1) is 0 Å². The van der Waals surface area contributed by atoms with Gasteiger partial charge >= 0.3 is 5.97 Å². The van der Waals surface area contributed by atoms with Gasteiger partial charge in [-0.05, 0) is 36.8 Å². The Balaban J connectivity index is 2.07. The first-order valence-electron chi connectivity index (χ1n) is 8.25. The summed E-state index contributed by atoms with van der Waals surface area (Å²) in [5, 5.41) is 0.648. The van der Waals surface area contributed by atoms with Gasteiger partial charge in [0.15, 0.2) is 0 Å². The summed E-state index contributed by atoms with van der Waals surface area (Å²) in [5.74, 6) is -0.421. The van der Waals surface area contributed by atoms with Crippen molar-refractivity contribution in [3.05, 3.63) is 87.1 Å². The fourth-order valence-electron chi connectivity index (χ4n) is 2.68. The Morgan fingerprint density at radius 2 is 1.77 bits per heavy atom. The minimum atomic E-state index is -0.421. The molecule has 0 aliphatic rings. The van der Waals surface area contributed by atoms with Gasteiger partial charge in [-0.2, -0.15) is 0 Å². The second kappa shape index (κ2) is 8.47. The number of ether oxygens (including phenoxy) is 1. The van der Waals surface area contributed by atoms with Gasteiger partial charge in [-0.3, -0.25) is 0 Å². The third-order valence-corrected chi connectivity index (χ3v) is 4.77. The zero-order valence-corrected chi connectivity index (χ0v) is 16.5. The molecule has 0 fully saturated rings. The molecule has 3 rings (SSSR count). The number of pyridine rings is 1. The molecule has 0 N–H and O–H groups in total. The van der Waals surface area contributed by atoms with Crippen LogP contribution < -0.4 is 0 Å². The molecule has 1 heterocycles. The summed E-state index contributed by atoms with van der Waals surface area (Å²) >= 11 is 9.83. The SMILES string of the molecule is CCOC(=O)c1ccc(-c2ccccc2Cl)c(Cc2ccc(Br)cc2)n1. The molecule has 0 saturated heterocycles. The van der Waals surface area contributed by atoms with Crippen molar-refractivity contribution in [1.29, 1.82) is 0 Å². The van der Waals surface area contributed by atoms with Crippen molar-refractivity contribution in [2.45, 2.75) is 13.3 Å². The highest BCUT2D eigenvalue weighted by Gasteiger charge is 2.15. The van der Waals surface area contributed by atoms with Crippen LogP contribution in [0.5, 0.6) is 0 Å². The maximum Gasteiger partial charge on any atom is 0.356 e. The van der Waals surface area contributed by atoms with E-state index in [9.17, 15) is 4.79 Å². The summed E-state index contributed by atoms with van der Waals surface area (Å²) < 4.78 is 6.10. The first-order chi connectivity index (χ1) is 12.6. The minimum Gasteiger partial charge on any atom is -0.461 e. The van der Waals surface area contributed by atoms with Crippen LogP contribution in [-0.2, 0) is 11.2 Å². The van der Waals surface area contributed by atoms with Crippen LogP contribution in [-0.4, -0.2) is 17.6 Å². The van der Waals surface area contributed by atoms with Crippen molar-refractivity contribution < 1.29 is 9.53 Å². The zero-order valence-electron chi connectivity index (χ0n) is 14.2. The van der Waals surface area contributed by atoms with Crippen molar-refractivity contribution in [2.24, 2.45) is 0 Å². The van der Waals surface area contributed by atoms with E-state index < -0.39 is 5.97 Å². The summed E-state index contributed by atoms with van der Waals surface area (Å²) in [7, 11) is 0. The lowest BCUT2D eigenvalue weighted by Crippen LogP contribution is -2.09. The summed E-state index contributed by atoms with van der Waals surface area (Å²) in [6.07, 6.45) is 0.584. The van der Waals surface area contributed by atoms with E-state index in [1.165, 1.54) is 0 Å². The molecule has 26 heavy (non-hydrogen) atoms. The zero-order chi connectivity index (χ0) is 18.5. The van der Waals surface area contributed by atoms with Crippen LogP contribution in [0.25, 0.3) is 11.1 Å². The molecular formula is C21H17BrClNO2. The number of rotatable bonds is 5. The number of hydrogen-bond acceptors (Lipinski definition) is 3. The maximum absolute atomic E-state index is 12.1. The summed E-state index contributed by atoms with van der Waals surface area (Å²) in [5.41, 5.74) is 3.98. The predicted molar refractivity (Wildman–Crippen MR) is 108 cm³/mol. The molecule has 0 atom stereocenters. The van der Waals surface area contributed by atoms with E-state index in [4.69, 9.17) is 16.3 Å². The van der Waals surface area contributed by atoms with E-state index in [2.05, 4.69) is 20.9 Å². The summed E-state index contributed by atoms with van der Waals surface area (Å²) in [6, 6.07) is 19.2. The Hall–Kier alpha value is -2.17. The molecule has 3 aromatic rings. The smallest absolute Gasteiger partial charge is 0.356 e. The second-order valence-electron chi connectivity index (χ2n) is 5.69. The van der Waals surface area contributed by atoms with E-state index >= 15 is 0 Å². The molecule has 0 aliphatic heterocycles. The standard InChI is InChI=1S/C21H17BrClNO2/c1-2-26-21(25)19-12-11-17(16-5-3-4-6-18(16)23)20(24-19)13-14-7-9-15(22)10-8-14/h3-12H,2,13H2,1H3. The van der Waals surface area contributed by atoms with Gasteiger partial charge in [-0.15, -0.1) is 0 Å². The predicted octanol–water partition coefficient (Wildman–Crippen LogP) is 5.93. The van der Waals surface area contributed by atoms with Crippen LogP contribution in [0.15, 0.2) is 65.1 Å². The second-order valence-corrected chi connectivity index (χ2v) is 7.02. The Morgan fingerprint density at radius 3 is 2.46 bits per heavy atom. The Labute approximate surface area is 166 Å². The van der Waals surface area contributed by atoms with Crippen LogP contribution in [0.1, 0.15) is 28.7 Å². The lowest BCUT2D eigenvalue weighted by atomic mass is 9.99. The number of nitrogens with zero attached hydrogens (tertiary/aromatic N) is 1. The molecule has 0 bridgehead atoms. The van der Waals surface area contributed by atoms with Gasteiger partial charge in [0, 0.05) is 27.0 Å². The maximum atomic E-state index is 12.1. The lowest BCUT2D eigenvalue weighted by Gasteiger charge is -2.12. The highest BCUT2D eigenvalue weighted by Crippen LogP contribution is 2.31.